The SMILES string of the molecule is CC(C)CC(NC(=O)C(N)CCC(N)=O)C(=O)NC(CS)C(=O)NC(C)C(=O)O. The number of nitrogens with one attached hydrogen (secondary N) is 3. The monoisotopic (exact) mass is 433 g/mol. The van der Waals surface area contributed by atoms with E-state index in [4.69, 9.17) is 16.6 Å². The zero-order valence-electron chi connectivity index (χ0n) is 16.8. The number of amides is 4. The average Bonchev–Trinajstić information content (AvgIpc) is 2.62. The van der Waals surface area contributed by atoms with Crippen LogP contribution in [0.4, 0.5) is 0 Å². The second kappa shape index (κ2) is 13.0. The molecule has 0 radical (unpaired) electrons. The first-order valence-corrected chi connectivity index (χ1v) is 9.80. The molecule has 0 bridgehead atoms. The summed E-state index contributed by atoms with van der Waals surface area (Å²) in [5, 5.41) is 16.1. The summed E-state index contributed by atoms with van der Waals surface area (Å²) in [5.74, 6) is -3.84. The molecule has 0 aliphatic rings. The van der Waals surface area contributed by atoms with E-state index in [2.05, 4.69) is 28.6 Å². The number of nitrogens with two attached hydrogens (primary N) is 2. The van der Waals surface area contributed by atoms with Gasteiger partial charge in [0.05, 0.1) is 6.04 Å². The highest BCUT2D eigenvalue weighted by Gasteiger charge is 2.29. The molecule has 166 valence electrons. The molecule has 0 saturated carbocycles. The van der Waals surface area contributed by atoms with E-state index >= 15 is 0 Å². The molecule has 0 rings (SSSR count). The molecule has 0 aliphatic carbocycles. The average molecular weight is 434 g/mol. The van der Waals surface area contributed by atoms with Gasteiger partial charge in [-0.25, -0.2) is 0 Å². The molecule has 0 aliphatic heterocycles. The third kappa shape index (κ3) is 10.7. The normalized spacial score (nSPS) is 15.0. The van der Waals surface area contributed by atoms with Crippen LogP contribution >= 0.6 is 12.6 Å². The first kappa shape index (κ1) is 26.7. The van der Waals surface area contributed by atoms with Gasteiger partial charge in [0.15, 0.2) is 0 Å². The molecule has 29 heavy (non-hydrogen) atoms. The van der Waals surface area contributed by atoms with Gasteiger partial charge in [-0.2, -0.15) is 12.6 Å². The number of rotatable bonds is 13. The molecule has 4 amide bonds. The lowest BCUT2D eigenvalue weighted by Gasteiger charge is -2.25. The molecule has 0 fully saturated rings. The van der Waals surface area contributed by atoms with Crippen molar-refractivity contribution in [1.29, 1.82) is 0 Å². The van der Waals surface area contributed by atoms with Gasteiger partial charge in [-0.05, 0) is 25.7 Å². The smallest absolute Gasteiger partial charge is 0.325 e. The van der Waals surface area contributed by atoms with Gasteiger partial charge in [-0.1, -0.05) is 13.8 Å². The summed E-state index contributed by atoms with van der Waals surface area (Å²) >= 11 is 4.02. The Morgan fingerprint density at radius 1 is 0.931 bits per heavy atom. The van der Waals surface area contributed by atoms with Crippen LogP contribution < -0.4 is 27.4 Å². The van der Waals surface area contributed by atoms with Crippen molar-refractivity contribution in [1.82, 2.24) is 16.0 Å². The summed E-state index contributed by atoms with van der Waals surface area (Å²) in [7, 11) is 0. The second-order valence-electron chi connectivity index (χ2n) is 7.11. The van der Waals surface area contributed by atoms with E-state index in [-0.39, 0.29) is 30.9 Å². The van der Waals surface area contributed by atoms with Crippen LogP contribution in [0.25, 0.3) is 0 Å². The van der Waals surface area contributed by atoms with Crippen LogP contribution in [-0.4, -0.2) is 64.6 Å². The zero-order chi connectivity index (χ0) is 22.7. The van der Waals surface area contributed by atoms with Gasteiger partial charge < -0.3 is 32.5 Å². The third-order valence-electron chi connectivity index (χ3n) is 3.92. The molecule has 0 aromatic carbocycles. The van der Waals surface area contributed by atoms with Crippen molar-refractivity contribution in [2.24, 2.45) is 17.4 Å². The topological polar surface area (TPSA) is 194 Å². The Hall–Kier alpha value is -2.34. The Balaban J connectivity index is 5.08. The van der Waals surface area contributed by atoms with Crippen molar-refractivity contribution in [3.05, 3.63) is 0 Å². The number of carboxylic acids is 1. The summed E-state index contributed by atoms with van der Waals surface area (Å²) in [6.45, 7) is 4.97. The maximum absolute atomic E-state index is 12.6. The number of hydrogen-bond acceptors (Lipinski definition) is 7. The minimum absolute atomic E-state index is 0.0307. The maximum Gasteiger partial charge on any atom is 0.325 e. The highest BCUT2D eigenvalue weighted by molar-refractivity contribution is 7.80. The van der Waals surface area contributed by atoms with Crippen LogP contribution in [0.3, 0.4) is 0 Å². The quantitative estimate of drug-likeness (QED) is 0.165. The Bertz CT molecular complexity index is 615. The molecular weight excluding hydrogens is 402 g/mol. The number of hydrogen-bond donors (Lipinski definition) is 7. The Kier molecular flexibility index (Phi) is 11.9. The van der Waals surface area contributed by atoms with Crippen LogP contribution in [0.15, 0.2) is 0 Å². The molecule has 4 unspecified atom stereocenters. The van der Waals surface area contributed by atoms with Crippen molar-refractivity contribution < 1.29 is 29.1 Å². The highest BCUT2D eigenvalue weighted by atomic mass is 32.1. The summed E-state index contributed by atoms with van der Waals surface area (Å²) in [4.78, 5) is 58.7. The molecule has 0 spiro atoms. The van der Waals surface area contributed by atoms with Crippen molar-refractivity contribution in [2.45, 2.75) is 64.2 Å². The minimum atomic E-state index is -1.22. The maximum atomic E-state index is 12.6. The number of thiol groups is 1. The molecule has 11 nitrogen and oxygen atoms in total. The molecule has 4 atom stereocenters. The van der Waals surface area contributed by atoms with Crippen LogP contribution in [0, 0.1) is 5.92 Å². The first-order chi connectivity index (χ1) is 13.4. The number of aliphatic carboxylic acids is 1. The number of carboxylic acid groups (broad SMARTS) is 1. The summed E-state index contributed by atoms with van der Waals surface area (Å²) in [6, 6.07) is -4.24. The molecule has 0 aromatic heterocycles. The number of carbonyl (C=O) groups is 5. The number of carbonyl (C=O) groups excluding carboxylic acids is 4. The standard InChI is InChI=1S/C17H31N5O6S/c1-8(2)6-11(21-14(24)10(18)4-5-13(19)23)15(25)22-12(7-29)16(26)20-9(3)17(27)28/h8-12,29H,4-7,18H2,1-3H3,(H2,19,23)(H,20,26)(H,21,24)(H,22,25)(H,27,28). The lowest BCUT2D eigenvalue weighted by Crippen LogP contribution is -2.57. The van der Waals surface area contributed by atoms with Crippen LogP contribution in [0.1, 0.15) is 40.0 Å². The van der Waals surface area contributed by atoms with E-state index in [1.54, 1.807) is 0 Å². The van der Waals surface area contributed by atoms with E-state index < -0.39 is 53.8 Å². The molecule has 0 saturated heterocycles. The van der Waals surface area contributed by atoms with E-state index in [1.807, 2.05) is 13.8 Å². The Morgan fingerprint density at radius 2 is 1.45 bits per heavy atom. The second-order valence-corrected chi connectivity index (χ2v) is 7.48. The van der Waals surface area contributed by atoms with E-state index in [1.165, 1.54) is 6.92 Å². The predicted molar refractivity (Wildman–Crippen MR) is 109 cm³/mol. The summed E-state index contributed by atoms with van der Waals surface area (Å²) < 4.78 is 0. The number of primary amides is 1. The summed E-state index contributed by atoms with van der Waals surface area (Å²) in [6.07, 6.45) is 0.234. The first-order valence-electron chi connectivity index (χ1n) is 9.17. The van der Waals surface area contributed by atoms with Gasteiger partial charge >= 0.3 is 5.97 Å². The highest BCUT2D eigenvalue weighted by Crippen LogP contribution is 2.07. The van der Waals surface area contributed by atoms with Crippen molar-refractivity contribution in [2.75, 3.05) is 5.75 Å². The van der Waals surface area contributed by atoms with Gasteiger partial charge in [0.1, 0.15) is 18.1 Å². The molecule has 0 aromatic rings. The Labute approximate surface area is 175 Å². The van der Waals surface area contributed by atoms with Gasteiger partial charge in [0.2, 0.25) is 23.6 Å². The molecule has 12 heteroatoms. The van der Waals surface area contributed by atoms with Crippen LogP contribution in [-0.2, 0) is 24.0 Å². The van der Waals surface area contributed by atoms with Crippen molar-refractivity contribution in [3.8, 4) is 0 Å². The fraction of sp³-hybridized carbons (Fsp3) is 0.706. The predicted octanol–water partition coefficient (Wildman–Crippen LogP) is -1.89. The van der Waals surface area contributed by atoms with Gasteiger partial charge in [0, 0.05) is 12.2 Å². The molecule has 0 heterocycles. The van der Waals surface area contributed by atoms with Crippen LogP contribution in [0.5, 0.6) is 0 Å². The van der Waals surface area contributed by atoms with Gasteiger partial charge in [-0.3, -0.25) is 24.0 Å². The van der Waals surface area contributed by atoms with Gasteiger partial charge in [-0.15, -0.1) is 0 Å². The fourth-order valence-corrected chi connectivity index (χ4v) is 2.51. The lowest BCUT2D eigenvalue weighted by atomic mass is 10.0. The lowest BCUT2D eigenvalue weighted by molar-refractivity contribution is -0.141. The van der Waals surface area contributed by atoms with E-state index in [0.29, 0.717) is 0 Å². The van der Waals surface area contributed by atoms with Crippen molar-refractivity contribution >= 4 is 42.2 Å². The van der Waals surface area contributed by atoms with E-state index in [9.17, 15) is 24.0 Å². The zero-order valence-corrected chi connectivity index (χ0v) is 17.7. The van der Waals surface area contributed by atoms with Gasteiger partial charge in [0.25, 0.3) is 0 Å². The fourth-order valence-electron chi connectivity index (χ4n) is 2.25. The molecule has 8 N–H and O–H groups in total. The van der Waals surface area contributed by atoms with E-state index in [0.717, 1.165) is 0 Å². The minimum Gasteiger partial charge on any atom is -0.480 e. The largest absolute Gasteiger partial charge is 0.480 e. The Morgan fingerprint density at radius 3 is 1.90 bits per heavy atom. The molecular formula is C17H31N5O6S. The summed E-state index contributed by atoms with van der Waals surface area (Å²) in [5.41, 5.74) is 10.8. The van der Waals surface area contributed by atoms with Crippen LogP contribution in [0.2, 0.25) is 0 Å². The third-order valence-corrected chi connectivity index (χ3v) is 4.29. The van der Waals surface area contributed by atoms with Crippen molar-refractivity contribution in [3.63, 3.8) is 0 Å².